The minimum atomic E-state index is -0.546. The topological polar surface area (TPSA) is 23.8 Å². The number of nitrogens with zero attached hydrogens (tertiary/aromatic N) is 1. The van der Waals surface area contributed by atoms with Gasteiger partial charge in [-0.15, -0.1) is 0 Å². The fraction of sp³-hybridized carbons (Fsp3) is 0.435. The minimum absolute atomic E-state index is 0.546. The Balaban J connectivity index is 2.38. The largest absolute Gasteiger partial charge is 0.197 e. The van der Waals surface area contributed by atoms with Gasteiger partial charge in [-0.3, -0.25) is 0 Å². The molecule has 0 heterocycles. The first-order chi connectivity index (χ1) is 11.8. The lowest BCUT2D eigenvalue weighted by Gasteiger charge is -2.32. The molecule has 0 N–H and O–H groups in total. The Bertz CT molecular complexity index is 585. The summed E-state index contributed by atoms with van der Waals surface area (Å²) in [6.45, 7) is 4.50. The van der Waals surface area contributed by atoms with Crippen LogP contribution < -0.4 is 0 Å². The molecule has 24 heavy (non-hydrogen) atoms. The van der Waals surface area contributed by atoms with Crippen molar-refractivity contribution in [2.75, 3.05) is 0 Å². The Kier molecular flexibility index (Phi) is 7.07. The van der Waals surface area contributed by atoms with E-state index < -0.39 is 5.41 Å². The van der Waals surface area contributed by atoms with Crippen molar-refractivity contribution in [2.24, 2.45) is 5.92 Å². The third-order valence-electron chi connectivity index (χ3n) is 5.11. The summed E-state index contributed by atoms with van der Waals surface area (Å²) in [5, 5.41) is 10.2. The first kappa shape index (κ1) is 18.3. The van der Waals surface area contributed by atoms with Crippen LogP contribution >= 0.6 is 0 Å². The molecule has 0 aliphatic rings. The van der Waals surface area contributed by atoms with Crippen molar-refractivity contribution in [3.05, 3.63) is 71.8 Å². The molecule has 2 rings (SSSR count). The molecular formula is C23H29N. The molecule has 0 spiro atoms. The highest BCUT2D eigenvalue weighted by Gasteiger charge is 2.36. The molecule has 2 aromatic rings. The van der Waals surface area contributed by atoms with Crippen molar-refractivity contribution in [2.45, 2.75) is 57.8 Å². The normalized spacial score (nSPS) is 12.5. The molecule has 0 amide bonds. The summed E-state index contributed by atoms with van der Waals surface area (Å²) in [5.74, 6) is 0.580. The Labute approximate surface area is 147 Å². The second-order valence-corrected chi connectivity index (χ2v) is 6.72. The number of benzene rings is 2. The van der Waals surface area contributed by atoms with Gasteiger partial charge in [-0.2, -0.15) is 5.26 Å². The number of unbranched alkanes of at least 4 members (excludes halogenated alkanes) is 2. The van der Waals surface area contributed by atoms with Gasteiger partial charge >= 0.3 is 0 Å². The van der Waals surface area contributed by atoms with E-state index in [0.717, 1.165) is 24.0 Å². The molecule has 0 aliphatic carbocycles. The molecule has 1 nitrogen and oxygen atoms in total. The second-order valence-electron chi connectivity index (χ2n) is 6.72. The summed E-state index contributed by atoms with van der Waals surface area (Å²) in [5.41, 5.74) is 1.69. The van der Waals surface area contributed by atoms with E-state index in [4.69, 9.17) is 0 Å². The highest BCUT2D eigenvalue weighted by molar-refractivity contribution is 5.45. The zero-order valence-electron chi connectivity index (χ0n) is 15.0. The van der Waals surface area contributed by atoms with E-state index in [-0.39, 0.29) is 0 Å². The summed E-state index contributed by atoms with van der Waals surface area (Å²) in [6.07, 6.45) is 7.04. The van der Waals surface area contributed by atoms with Gasteiger partial charge in [-0.25, -0.2) is 0 Å². The number of nitriles is 1. The van der Waals surface area contributed by atoms with Crippen molar-refractivity contribution >= 4 is 0 Å². The fourth-order valence-electron chi connectivity index (χ4n) is 3.59. The minimum Gasteiger partial charge on any atom is -0.197 e. The molecule has 0 saturated carbocycles. The maximum absolute atomic E-state index is 10.2. The molecule has 2 aromatic carbocycles. The SMILES string of the molecule is CCCCCC(CC)CC(C#N)(c1ccccc1)c1ccccc1. The van der Waals surface area contributed by atoms with Crippen LogP contribution in [0.4, 0.5) is 0 Å². The van der Waals surface area contributed by atoms with E-state index in [1.54, 1.807) is 0 Å². The van der Waals surface area contributed by atoms with Crippen LogP contribution in [0.1, 0.15) is 63.5 Å². The van der Waals surface area contributed by atoms with Crippen molar-refractivity contribution in [3.8, 4) is 6.07 Å². The number of hydrogen-bond acceptors (Lipinski definition) is 1. The predicted molar refractivity (Wildman–Crippen MR) is 102 cm³/mol. The third kappa shape index (κ3) is 4.26. The molecule has 0 saturated heterocycles. The lowest BCUT2D eigenvalue weighted by molar-refractivity contribution is 0.366. The van der Waals surface area contributed by atoms with Crippen LogP contribution in [0.25, 0.3) is 0 Å². The summed E-state index contributed by atoms with van der Waals surface area (Å²) in [6, 6.07) is 23.4. The quantitative estimate of drug-likeness (QED) is 0.484. The van der Waals surface area contributed by atoms with E-state index >= 15 is 0 Å². The van der Waals surface area contributed by atoms with Crippen molar-refractivity contribution in [1.29, 1.82) is 5.26 Å². The van der Waals surface area contributed by atoms with Crippen molar-refractivity contribution in [3.63, 3.8) is 0 Å². The summed E-state index contributed by atoms with van der Waals surface area (Å²) in [7, 11) is 0. The van der Waals surface area contributed by atoms with Gasteiger partial charge in [0.2, 0.25) is 0 Å². The zero-order chi connectivity index (χ0) is 17.3. The molecule has 1 heteroatoms. The van der Waals surface area contributed by atoms with E-state index in [1.807, 2.05) is 36.4 Å². The molecule has 0 fully saturated rings. The van der Waals surface area contributed by atoms with E-state index in [2.05, 4.69) is 44.2 Å². The molecule has 126 valence electrons. The van der Waals surface area contributed by atoms with Gasteiger partial charge in [-0.05, 0) is 23.5 Å². The predicted octanol–water partition coefficient (Wildman–Crippen LogP) is 6.49. The Morgan fingerprint density at radius 3 is 1.83 bits per heavy atom. The van der Waals surface area contributed by atoms with Crippen LogP contribution in [0, 0.1) is 17.2 Å². The molecular weight excluding hydrogens is 290 g/mol. The van der Waals surface area contributed by atoms with Gasteiger partial charge in [0.05, 0.1) is 6.07 Å². The highest BCUT2D eigenvalue weighted by atomic mass is 14.4. The van der Waals surface area contributed by atoms with E-state index in [1.165, 1.54) is 25.7 Å². The molecule has 0 radical (unpaired) electrons. The molecule has 1 atom stereocenters. The standard InChI is InChI=1S/C23H29N/c1-3-5-8-13-20(4-2)18-23(19-24,21-14-9-6-10-15-21)22-16-11-7-12-17-22/h6-7,9-12,14-17,20H,3-5,8,13,18H2,1-2H3. The maximum atomic E-state index is 10.2. The number of rotatable bonds is 9. The molecule has 1 unspecified atom stereocenters. The van der Waals surface area contributed by atoms with Crippen LogP contribution in [0.3, 0.4) is 0 Å². The Hall–Kier alpha value is -2.07. The van der Waals surface area contributed by atoms with E-state index in [0.29, 0.717) is 5.92 Å². The molecule has 0 aliphatic heterocycles. The van der Waals surface area contributed by atoms with Gasteiger partial charge in [0, 0.05) is 0 Å². The molecule has 0 aromatic heterocycles. The summed E-state index contributed by atoms with van der Waals surface area (Å²) in [4.78, 5) is 0. The molecule has 0 bridgehead atoms. The maximum Gasteiger partial charge on any atom is 0.107 e. The van der Waals surface area contributed by atoms with Gasteiger partial charge in [-0.1, -0.05) is 107 Å². The lowest BCUT2D eigenvalue weighted by atomic mass is 9.69. The van der Waals surface area contributed by atoms with Crippen LogP contribution in [-0.2, 0) is 5.41 Å². The first-order valence-electron chi connectivity index (χ1n) is 9.29. The number of hydrogen-bond donors (Lipinski definition) is 0. The first-order valence-corrected chi connectivity index (χ1v) is 9.29. The van der Waals surface area contributed by atoms with Crippen LogP contribution in [0.5, 0.6) is 0 Å². The smallest absolute Gasteiger partial charge is 0.107 e. The Morgan fingerprint density at radius 1 is 0.875 bits per heavy atom. The fourth-order valence-corrected chi connectivity index (χ4v) is 3.59. The summed E-state index contributed by atoms with van der Waals surface area (Å²) >= 11 is 0. The van der Waals surface area contributed by atoms with Gasteiger partial charge in [0.25, 0.3) is 0 Å². The monoisotopic (exact) mass is 319 g/mol. The Morgan fingerprint density at radius 2 is 1.42 bits per heavy atom. The summed E-state index contributed by atoms with van der Waals surface area (Å²) < 4.78 is 0. The average Bonchev–Trinajstić information content (AvgIpc) is 2.66. The average molecular weight is 319 g/mol. The van der Waals surface area contributed by atoms with Gasteiger partial charge < -0.3 is 0 Å². The van der Waals surface area contributed by atoms with Gasteiger partial charge in [0.15, 0.2) is 0 Å². The van der Waals surface area contributed by atoms with Crippen LogP contribution in [0.15, 0.2) is 60.7 Å². The highest BCUT2D eigenvalue weighted by Crippen LogP contribution is 2.39. The third-order valence-corrected chi connectivity index (χ3v) is 5.11. The lowest BCUT2D eigenvalue weighted by Crippen LogP contribution is -2.29. The van der Waals surface area contributed by atoms with Gasteiger partial charge in [0.1, 0.15) is 5.41 Å². The van der Waals surface area contributed by atoms with E-state index in [9.17, 15) is 5.26 Å². The van der Waals surface area contributed by atoms with Crippen LogP contribution in [0.2, 0.25) is 0 Å². The second kappa shape index (κ2) is 9.28. The zero-order valence-corrected chi connectivity index (χ0v) is 15.0. The van der Waals surface area contributed by atoms with Crippen molar-refractivity contribution in [1.82, 2.24) is 0 Å². The van der Waals surface area contributed by atoms with Crippen LogP contribution in [-0.4, -0.2) is 0 Å². The van der Waals surface area contributed by atoms with Crippen molar-refractivity contribution < 1.29 is 0 Å².